The van der Waals surface area contributed by atoms with Gasteiger partial charge in [-0.3, -0.25) is 24.1 Å². The molecule has 0 unspecified atom stereocenters. The number of carbonyl (C=O) groups is 4. The molecular weight excluding hydrogens is 696 g/mol. The van der Waals surface area contributed by atoms with Gasteiger partial charge in [0.15, 0.2) is 23.1 Å². The SMILES string of the molecule is COc1cc([C@H]2C3=CC[C@@H]4C(=O)N(c5ccc(N6CCOCC6)cc5)C(=O)[C@@H]4[C@@H]3CC3=C2C(=O)C=C(Br)C3=O)cc(Br)c1O. The topological polar surface area (TPSA) is 113 Å². The van der Waals surface area contributed by atoms with Gasteiger partial charge in [0.2, 0.25) is 11.8 Å². The van der Waals surface area contributed by atoms with Crippen LogP contribution in [0.5, 0.6) is 11.5 Å². The average molecular weight is 724 g/mol. The van der Waals surface area contributed by atoms with E-state index in [1.54, 1.807) is 12.1 Å². The van der Waals surface area contributed by atoms with Crippen molar-refractivity contribution in [1.82, 2.24) is 0 Å². The summed E-state index contributed by atoms with van der Waals surface area (Å²) in [4.78, 5) is 58.5. The van der Waals surface area contributed by atoms with Crippen molar-refractivity contribution < 1.29 is 33.8 Å². The maximum Gasteiger partial charge on any atom is 0.238 e. The number of methoxy groups -OCH3 is 1. The molecule has 2 heterocycles. The highest BCUT2D eigenvalue weighted by Gasteiger charge is 2.56. The highest BCUT2D eigenvalue weighted by atomic mass is 79.9. The first-order valence-electron chi connectivity index (χ1n) is 14.5. The Labute approximate surface area is 270 Å². The van der Waals surface area contributed by atoms with Crippen LogP contribution in [-0.4, -0.2) is 61.9 Å². The van der Waals surface area contributed by atoms with Crippen LogP contribution in [0.2, 0.25) is 0 Å². The van der Waals surface area contributed by atoms with Gasteiger partial charge in [0.05, 0.1) is 46.8 Å². The fraction of sp³-hybridized carbons (Fsp3) is 0.333. The summed E-state index contributed by atoms with van der Waals surface area (Å²) in [5.41, 5.74) is 3.67. The van der Waals surface area contributed by atoms with Crippen LogP contribution in [0, 0.1) is 17.8 Å². The largest absolute Gasteiger partial charge is 0.503 e. The van der Waals surface area contributed by atoms with Crippen LogP contribution in [0.15, 0.2) is 74.2 Å². The van der Waals surface area contributed by atoms with E-state index in [9.17, 15) is 24.3 Å². The number of anilines is 2. The van der Waals surface area contributed by atoms with E-state index in [0.717, 1.165) is 24.4 Å². The van der Waals surface area contributed by atoms with Gasteiger partial charge in [-0.15, -0.1) is 0 Å². The third kappa shape index (κ3) is 4.50. The Balaban J connectivity index is 1.28. The minimum absolute atomic E-state index is 0.0870. The molecule has 0 spiro atoms. The fourth-order valence-electron chi connectivity index (χ4n) is 7.39. The predicted molar refractivity (Wildman–Crippen MR) is 169 cm³/mol. The van der Waals surface area contributed by atoms with Crippen molar-refractivity contribution in [1.29, 1.82) is 0 Å². The summed E-state index contributed by atoms with van der Waals surface area (Å²) in [6.45, 7) is 2.85. The number of hydrogen-bond acceptors (Lipinski definition) is 8. The number of halogens is 2. The molecule has 11 heteroatoms. The molecule has 0 radical (unpaired) electrons. The number of Topliss-reactive ketones (excluding diaryl/α,β-unsaturated/α-hetero) is 1. The summed E-state index contributed by atoms with van der Waals surface area (Å²) >= 11 is 6.65. The molecule has 9 nitrogen and oxygen atoms in total. The molecule has 2 amide bonds. The van der Waals surface area contributed by atoms with Gasteiger partial charge in [0.1, 0.15) is 0 Å². The number of nitrogens with zero attached hydrogens (tertiary/aromatic N) is 2. The molecule has 2 aromatic rings. The molecule has 1 N–H and O–H groups in total. The number of phenols is 1. The van der Waals surface area contributed by atoms with E-state index in [0.29, 0.717) is 46.5 Å². The molecule has 0 bridgehead atoms. The number of allylic oxidation sites excluding steroid dienone is 6. The zero-order valence-corrected chi connectivity index (χ0v) is 26.9. The maximum absolute atomic E-state index is 14.2. The minimum Gasteiger partial charge on any atom is -0.503 e. The number of hydrogen-bond donors (Lipinski definition) is 1. The van der Waals surface area contributed by atoms with Crippen LogP contribution >= 0.6 is 31.9 Å². The second-order valence-corrected chi connectivity index (χ2v) is 13.3. The zero-order valence-electron chi connectivity index (χ0n) is 23.7. The van der Waals surface area contributed by atoms with E-state index in [1.165, 1.54) is 18.1 Å². The number of imide groups is 1. The molecule has 0 saturated carbocycles. The molecule has 44 heavy (non-hydrogen) atoms. The van der Waals surface area contributed by atoms with Crippen LogP contribution in [0.3, 0.4) is 0 Å². The number of carbonyl (C=O) groups excluding carboxylic acids is 4. The minimum atomic E-state index is -0.687. The third-order valence-corrected chi connectivity index (χ3v) is 10.6. The van der Waals surface area contributed by atoms with Crippen molar-refractivity contribution in [3.8, 4) is 11.5 Å². The highest BCUT2D eigenvalue weighted by Crippen LogP contribution is 2.56. The Kier molecular flexibility index (Phi) is 7.37. The molecule has 2 saturated heterocycles. The molecule has 4 atom stereocenters. The van der Waals surface area contributed by atoms with E-state index in [-0.39, 0.29) is 45.8 Å². The van der Waals surface area contributed by atoms with Crippen molar-refractivity contribution in [2.45, 2.75) is 18.8 Å². The molecule has 5 aliphatic rings. The summed E-state index contributed by atoms with van der Waals surface area (Å²) in [5.74, 6) is -3.43. The molecular formula is C33H28Br2N2O7. The van der Waals surface area contributed by atoms with Crippen LogP contribution in [0.4, 0.5) is 11.4 Å². The van der Waals surface area contributed by atoms with Crippen LogP contribution < -0.4 is 14.5 Å². The summed E-state index contributed by atoms with van der Waals surface area (Å²) < 4.78 is 11.4. The Morgan fingerprint density at radius 2 is 1.66 bits per heavy atom. The van der Waals surface area contributed by atoms with Crippen molar-refractivity contribution in [2.75, 3.05) is 43.2 Å². The lowest BCUT2D eigenvalue weighted by Crippen LogP contribution is -2.39. The first-order valence-corrected chi connectivity index (χ1v) is 16.0. The van der Waals surface area contributed by atoms with Crippen LogP contribution in [-0.2, 0) is 23.9 Å². The first-order chi connectivity index (χ1) is 21.2. The van der Waals surface area contributed by atoms with Gasteiger partial charge in [-0.25, -0.2) is 0 Å². The van der Waals surface area contributed by atoms with Gasteiger partial charge >= 0.3 is 0 Å². The smallest absolute Gasteiger partial charge is 0.238 e. The number of phenolic OH excluding ortho intramolecular Hbond substituents is 1. The van der Waals surface area contributed by atoms with Gasteiger partial charge in [0, 0.05) is 41.9 Å². The van der Waals surface area contributed by atoms with Gasteiger partial charge < -0.3 is 19.5 Å². The number of morpholine rings is 1. The number of benzene rings is 2. The molecule has 2 fully saturated rings. The van der Waals surface area contributed by atoms with E-state index in [4.69, 9.17) is 9.47 Å². The van der Waals surface area contributed by atoms with Crippen molar-refractivity contribution >= 4 is 66.6 Å². The number of aromatic hydroxyl groups is 1. The number of ketones is 2. The third-order valence-electron chi connectivity index (χ3n) is 9.42. The van der Waals surface area contributed by atoms with Crippen molar-refractivity contribution in [3.63, 3.8) is 0 Å². The van der Waals surface area contributed by atoms with Crippen LogP contribution in [0.25, 0.3) is 0 Å². The lowest BCUT2D eigenvalue weighted by atomic mass is 9.59. The Hall–Kier alpha value is -3.54. The van der Waals surface area contributed by atoms with Gasteiger partial charge in [-0.1, -0.05) is 11.6 Å². The maximum atomic E-state index is 14.2. The van der Waals surface area contributed by atoms with E-state index in [2.05, 4.69) is 36.8 Å². The summed E-state index contributed by atoms with van der Waals surface area (Å²) in [7, 11) is 1.43. The number of rotatable bonds is 4. The van der Waals surface area contributed by atoms with E-state index in [1.807, 2.05) is 30.3 Å². The fourth-order valence-corrected chi connectivity index (χ4v) is 8.30. The molecule has 226 valence electrons. The van der Waals surface area contributed by atoms with Crippen molar-refractivity contribution in [2.24, 2.45) is 17.8 Å². The lowest BCUT2D eigenvalue weighted by molar-refractivity contribution is -0.123. The van der Waals surface area contributed by atoms with Gasteiger partial charge in [-0.05, 0) is 92.6 Å². The molecule has 2 aromatic carbocycles. The zero-order chi connectivity index (χ0) is 30.9. The average Bonchev–Trinajstić information content (AvgIpc) is 3.30. The Morgan fingerprint density at radius 3 is 2.36 bits per heavy atom. The second kappa shape index (κ2) is 11.1. The molecule has 2 aliphatic heterocycles. The quantitative estimate of drug-likeness (QED) is 0.268. The summed E-state index contributed by atoms with van der Waals surface area (Å²) in [5, 5.41) is 10.5. The Morgan fingerprint density at radius 1 is 0.955 bits per heavy atom. The normalized spacial score (nSPS) is 26.7. The number of amides is 2. The molecule has 3 aliphatic carbocycles. The van der Waals surface area contributed by atoms with Crippen LogP contribution in [0.1, 0.15) is 24.3 Å². The number of fused-ring (bicyclic) bond motifs is 3. The number of ether oxygens (including phenoxy) is 2. The van der Waals surface area contributed by atoms with Crippen molar-refractivity contribution in [3.05, 3.63) is 79.8 Å². The van der Waals surface area contributed by atoms with Gasteiger partial charge in [0.25, 0.3) is 0 Å². The van der Waals surface area contributed by atoms with Gasteiger partial charge in [-0.2, -0.15) is 0 Å². The lowest BCUT2D eigenvalue weighted by Gasteiger charge is -2.42. The molecule has 7 rings (SSSR count). The second-order valence-electron chi connectivity index (χ2n) is 11.6. The Bertz CT molecular complexity index is 1720. The highest BCUT2D eigenvalue weighted by molar-refractivity contribution is 9.12. The van der Waals surface area contributed by atoms with E-state index >= 15 is 0 Å². The monoisotopic (exact) mass is 722 g/mol. The summed E-state index contributed by atoms with van der Waals surface area (Å²) in [6, 6.07) is 10.8. The van der Waals surface area contributed by atoms with E-state index < -0.39 is 23.7 Å². The standard InChI is InChI=1S/C33H28Br2N2O7/c1-43-26-13-16(12-23(34)31(26)40)27-19-6-7-20-28(21(19)14-22-29(27)25(38)15-24(35)30(22)39)33(42)37(32(20)41)18-4-2-17(3-5-18)36-8-10-44-11-9-36/h2-6,12-13,15,20-21,27-28,40H,7-11,14H2,1H3/t20-,21+,27-,28-/m0/s1. The predicted octanol–water partition coefficient (Wildman–Crippen LogP) is 4.97. The molecule has 0 aromatic heterocycles. The summed E-state index contributed by atoms with van der Waals surface area (Å²) in [6.07, 6.45) is 3.76. The first kappa shape index (κ1) is 29.2.